The lowest BCUT2D eigenvalue weighted by Gasteiger charge is -2.24. The van der Waals surface area contributed by atoms with E-state index in [2.05, 4.69) is 11.7 Å². The first kappa shape index (κ1) is 14.4. The van der Waals surface area contributed by atoms with Gasteiger partial charge in [-0.25, -0.2) is 4.79 Å². The van der Waals surface area contributed by atoms with E-state index in [-0.39, 0.29) is 6.61 Å². The van der Waals surface area contributed by atoms with Crippen LogP contribution in [0.5, 0.6) is 0 Å². The Kier molecular flexibility index (Phi) is 7.34. The van der Waals surface area contributed by atoms with E-state index in [0.29, 0.717) is 6.42 Å². The number of carbonyl (C=O) groups is 1. The lowest BCUT2D eigenvalue weighted by Crippen LogP contribution is -2.43. The van der Waals surface area contributed by atoms with Crippen molar-refractivity contribution in [3.05, 3.63) is 0 Å². The molecule has 4 nitrogen and oxygen atoms in total. The molecular weight excluding hydrogens is 196 g/mol. The van der Waals surface area contributed by atoms with E-state index in [1.54, 1.807) is 0 Å². The maximum absolute atomic E-state index is 11.3. The second kappa shape index (κ2) is 7.65. The SMILES string of the molecule is CCCCCCC(O)(COC)C(=O)OC. The highest BCUT2D eigenvalue weighted by molar-refractivity contribution is 5.79. The first-order valence-electron chi connectivity index (χ1n) is 5.40. The fourth-order valence-electron chi connectivity index (χ4n) is 1.51. The molecule has 0 aromatic heterocycles. The molecule has 0 aliphatic carbocycles. The highest BCUT2D eigenvalue weighted by Crippen LogP contribution is 2.17. The Morgan fingerprint density at radius 2 is 1.93 bits per heavy atom. The third-order valence-corrected chi connectivity index (χ3v) is 2.39. The number of rotatable bonds is 8. The summed E-state index contributed by atoms with van der Waals surface area (Å²) < 4.78 is 9.39. The number of aliphatic hydroxyl groups is 1. The van der Waals surface area contributed by atoms with Gasteiger partial charge in [0.05, 0.1) is 13.7 Å². The van der Waals surface area contributed by atoms with Gasteiger partial charge < -0.3 is 14.6 Å². The average Bonchev–Trinajstić information content (AvgIpc) is 2.23. The summed E-state index contributed by atoms with van der Waals surface area (Å²) in [6.07, 6.45) is 4.46. The third kappa shape index (κ3) is 5.14. The summed E-state index contributed by atoms with van der Waals surface area (Å²) in [6, 6.07) is 0. The third-order valence-electron chi connectivity index (χ3n) is 2.39. The van der Waals surface area contributed by atoms with Crippen LogP contribution in [0, 0.1) is 0 Å². The number of unbranched alkanes of at least 4 members (excludes halogenated alkanes) is 3. The summed E-state index contributed by atoms with van der Waals surface area (Å²) in [6.45, 7) is 2.10. The molecule has 0 aliphatic heterocycles. The number of carbonyl (C=O) groups excluding carboxylic acids is 1. The zero-order chi connectivity index (χ0) is 11.7. The van der Waals surface area contributed by atoms with Crippen molar-refractivity contribution in [1.82, 2.24) is 0 Å². The van der Waals surface area contributed by atoms with Crippen molar-refractivity contribution >= 4 is 5.97 Å². The zero-order valence-electron chi connectivity index (χ0n) is 9.91. The number of ether oxygens (including phenoxy) is 2. The van der Waals surface area contributed by atoms with Crippen LogP contribution in [0.15, 0.2) is 0 Å². The summed E-state index contributed by atoms with van der Waals surface area (Å²) in [5.41, 5.74) is -1.47. The highest BCUT2D eigenvalue weighted by atomic mass is 16.5. The van der Waals surface area contributed by atoms with Crippen molar-refractivity contribution in [2.24, 2.45) is 0 Å². The van der Waals surface area contributed by atoms with Crippen LogP contribution in [0.4, 0.5) is 0 Å². The fraction of sp³-hybridized carbons (Fsp3) is 0.909. The van der Waals surface area contributed by atoms with Gasteiger partial charge in [-0.05, 0) is 12.8 Å². The van der Waals surface area contributed by atoms with E-state index >= 15 is 0 Å². The Labute approximate surface area is 91.6 Å². The molecule has 0 fully saturated rings. The maximum Gasteiger partial charge on any atom is 0.340 e. The second-order valence-electron chi connectivity index (χ2n) is 3.77. The van der Waals surface area contributed by atoms with E-state index in [4.69, 9.17) is 4.74 Å². The molecule has 15 heavy (non-hydrogen) atoms. The number of hydrogen-bond donors (Lipinski definition) is 1. The number of hydrogen-bond acceptors (Lipinski definition) is 4. The average molecular weight is 218 g/mol. The van der Waals surface area contributed by atoms with Crippen LogP contribution in [0.2, 0.25) is 0 Å². The van der Waals surface area contributed by atoms with Crippen molar-refractivity contribution in [2.45, 2.75) is 44.6 Å². The molecule has 0 saturated heterocycles. The molecule has 0 bridgehead atoms. The van der Waals surface area contributed by atoms with E-state index in [0.717, 1.165) is 25.7 Å². The molecule has 1 atom stereocenters. The smallest absolute Gasteiger partial charge is 0.340 e. The molecular formula is C11H22O4. The van der Waals surface area contributed by atoms with Crippen molar-refractivity contribution < 1.29 is 19.4 Å². The Morgan fingerprint density at radius 3 is 2.40 bits per heavy atom. The minimum Gasteiger partial charge on any atom is -0.467 e. The molecule has 1 unspecified atom stereocenters. The molecule has 0 rings (SSSR count). The Morgan fingerprint density at radius 1 is 1.27 bits per heavy atom. The summed E-state index contributed by atoms with van der Waals surface area (Å²) >= 11 is 0. The van der Waals surface area contributed by atoms with Gasteiger partial charge in [-0.2, -0.15) is 0 Å². The number of methoxy groups -OCH3 is 2. The first-order chi connectivity index (χ1) is 7.10. The van der Waals surface area contributed by atoms with Gasteiger partial charge in [-0.15, -0.1) is 0 Å². The predicted molar refractivity (Wildman–Crippen MR) is 57.6 cm³/mol. The maximum atomic E-state index is 11.3. The van der Waals surface area contributed by atoms with Gasteiger partial charge in [0.2, 0.25) is 0 Å². The van der Waals surface area contributed by atoms with E-state index in [9.17, 15) is 9.90 Å². The molecule has 0 aromatic rings. The summed E-state index contributed by atoms with van der Waals surface area (Å²) in [5, 5.41) is 9.98. The van der Waals surface area contributed by atoms with Crippen LogP contribution in [-0.4, -0.2) is 37.5 Å². The fourth-order valence-corrected chi connectivity index (χ4v) is 1.51. The van der Waals surface area contributed by atoms with Gasteiger partial charge in [0.1, 0.15) is 0 Å². The Bertz CT molecular complexity index is 181. The van der Waals surface area contributed by atoms with Gasteiger partial charge in [0.15, 0.2) is 5.60 Å². The quantitative estimate of drug-likeness (QED) is 0.495. The van der Waals surface area contributed by atoms with Gasteiger partial charge in [-0.3, -0.25) is 0 Å². The van der Waals surface area contributed by atoms with E-state index < -0.39 is 11.6 Å². The van der Waals surface area contributed by atoms with Gasteiger partial charge in [0.25, 0.3) is 0 Å². The van der Waals surface area contributed by atoms with Crippen molar-refractivity contribution in [3.63, 3.8) is 0 Å². The number of esters is 1. The largest absolute Gasteiger partial charge is 0.467 e. The van der Waals surface area contributed by atoms with Crippen LogP contribution in [0.1, 0.15) is 39.0 Å². The lowest BCUT2D eigenvalue weighted by atomic mass is 9.97. The van der Waals surface area contributed by atoms with Crippen LogP contribution in [-0.2, 0) is 14.3 Å². The van der Waals surface area contributed by atoms with Crippen LogP contribution in [0.25, 0.3) is 0 Å². The Hall–Kier alpha value is -0.610. The monoisotopic (exact) mass is 218 g/mol. The van der Waals surface area contributed by atoms with Gasteiger partial charge in [-0.1, -0.05) is 26.2 Å². The molecule has 4 heteroatoms. The molecule has 0 heterocycles. The Balaban J connectivity index is 4.07. The van der Waals surface area contributed by atoms with Gasteiger partial charge in [0, 0.05) is 7.11 Å². The first-order valence-corrected chi connectivity index (χ1v) is 5.40. The molecule has 0 aromatic carbocycles. The summed E-state index contributed by atoms with van der Waals surface area (Å²) in [4.78, 5) is 11.3. The molecule has 0 amide bonds. The molecule has 0 saturated carbocycles. The topological polar surface area (TPSA) is 55.8 Å². The molecule has 90 valence electrons. The summed E-state index contributed by atoms with van der Waals surface area (Å²) in [7, 11) is 2.73. The standard InChI is InChI=1S/C11H22O4/c1-4-5-6-7-8-11(13,9-14-2)10(12)15-3/h13H,4-9H2,1-3H3. The van der Waals surface area contributed by atoms with Crippen LogP contribution < -0.4 is 0 Å². The van der Waals surface area contributed by atoms with E-state index in [1.807, 2.05) is 0 Å². The molecule has 0 spiro atoms. The zero-order valence-corrected chi connectivity index (χ0v) is 9.91. The lowest BCUT2D eigenvalue weighted by molar-refractivity contribution is -0.169. The minimum absolute atomic E-state index is 0.00814. The van der Waals surface area contributed by atoms with Gasteiger partial charge >= 0.3 is 5.97 Å². The minimum atomic E-state index is -1.47. The van der Waals surface area contributed by atoms with Crippen LogP contribution in [0.3, 0.4) is 0 Å². The van der Waals surface area contributed by atoms with Crippen molar-refractivity contribution in [3.8, 4) is 0 Å². The molecule has 1 N–H and O–H groups in total. The van der Waals surface area contributed by atoms with E-state index in [1.165, 1.54) is 14.2 Å². The highest BCUT2D eigenvalue weighted by Gasteiger charge is 2.36. The van der Waals surface area contributed by atoms with Crippen molar-refractivity contribution in [1.29, 1.82) is 0 Å². The second-order valence-corrected chi connectivity index (χ2v) is 3.77. The summed E-state index contributed by atoms with van der Waals surface area (Å²) in [5.74, 6) is -0.610. The molecule has 0 radical (unpaired) electrons. The van der Waals surface area contributed by atoms with Crippen LogP contribution >= 0.6 is 0 Å². The molecule has 0 aliphatic rings. The normalized spacial score (nSPS) is 14.7. The predicted octanol–water partition coefficient (Wildman–Crippen LogP) is 1.51. The van der Waals surface area contributed by atoms with Crippen molar-refractivity contribution in [2.75, 3.05) is 20.8 Å².